The van der Waals surface area contributed by atoms with Gasteiger partial charge in [0.05, 0.1) is 11.3 Å². The lowest BCUT2D eigenvalue weighted by atomic mass is 10.2. The third-order valence-corrected chi connectivity index (χ3v) is 3.41. The first kappa shape index (κ1) is 16.4. The van der Waals surface area contributed by atoms with Crippen LogP contribution in [0.5, 0.6) is 5.75 Å². The Morgan fingerprint density at radius 2 is 2.15 bits per heavy atom. The van der Waals surface area contributed by atoms with E-state index in [1.165, 1.54) is 0 Å². The fraction of sp³-hybridized carbons (Fsp3) is 0.462. The molecule has 0 heterocycles. The molecule has 0 aliphatic rings. The molecule has 1 aromatic carbocycles. The smallest absolute Gasteiger partial charge is 0.148 e. The Labute approximate surface area is 118 Å². The van der Waals surface area contributed by atoms with Crippen LogP contribution in [0.15, 0.2) is 24.3 Å². The number of nitrogens with one attached hydrogen (secondary N) is 1. The molecule has 7 heteroatoms. The first-order chi connectivity index (χ1) is 9.42. The van der Waals surface area contributed by atoms with Crippen LogP contribution in [-0.4, -0.2) is 51.3 Å². The predicted molar refractivity (Wildman–Crippen MR) is 75.2 cm³/mol. The molecule has 1 rings (SSSR count). The standard InChI is InChI=1S/C13H18N2O4S/c1-20(17,18)7-6-15-9-12(16)10-19-13-5-3-2-4-11(13)8-14/h2-5,12,15-16H,6-7,9-10H2,1H3. The van der Waals surface area contributed by atoms with Gasteiger partial charge in [-0.15, -0.1) is 0 Å². The van der Waals surface area contributed by atoms with Crippen molar-refractivity contribution >= 4 is 9.84 Å². The molecule has 0 bridgehead atoms. The lowest BCUT2D eigenvalue weighted by Gasteiger charge is -2.13. The Balaban J connectivity index is 2.30. The molecule has 110 valence electrons. The van der Waals surface area contributed by atoms with Crippen molar-refractivity contribution in [1.29, 1.82) is 5.26 Å². The number of nitriles is 1. The summed E-state index contributed by atoms with van der Waals surface area (Å²) in [5.74, 6) is 0.447. The highest BCUT2D eigenvalue weighted by Gasteiger charge is 2.08. The van der Waals surface area contributed by atoms with Gasteiger partial charge in [-0.25, -0.2) is 8.42 Å². The zero-order chi connectivity index (χ0) is 15.0. The summed E-state index contributed by atoms with van der Waals surface area (Å²) in [7, 11) is -3.00. The highest BCUT2D eigenvalue weighted by Crippen LogP contribution is 2.16. The monoisotopic (exact) mass is 298 g/mol. The molecule has 6 nitrogen and oxygen atoms in total. The van der Waals surface area contributed by atoms with Crippen LogP contribution in [0, 0.1) is 11.3 Å². The fourth-order valence-corrected chi connectivity index (χ4v) is 1.97. The Morgan fingerprint density at radius 3 is 2.80 bits per heavy atom. The normalized spacial score (nSPS) is 12.7. The molecular formula is C13H18N2O4S. The molecule has 0 saturated carbocycles. The van der Waals surface area contributed by atoms with Crippen molar-refractivity contribution in [2.75, 3.05) is 31.7 Å². The number of para-hydroxylation sites is 1. The molecule has 1 unspecified atom stereocenters. The molecule has 0 spiro atoms. The zero-order valence-electron chi connectivity index (χ0n) is 11.2. The van der Waals surface area contributed by atoms with Gasteiger partial charge in [0.1, 0.15) is 34.4 Å². The molecule has 20 heavy (non-hydrogen) atoms. The second kappa shape index (κ2) is 7.85. The van der Waals surface area contributed by atoms with Crippen LogP contribution >= 0.6 is 0 Å². The summed E-state index contributed by atoms with van der Waals surface area (Å²) >= 11 is 0. The summed E-state index contributed by atoms with van der Waals surface area (Å²) in [6.07, 6.45) is 0.383. The molecule has 0 amide bonds. The molecule has 0 aliphatic heterocycles. The van der Waals surface area contributed by atoms with Crippen molar-refractivity contribution in [3.63, 3.8) is 0 Å². The van der Waals surface area contributed by atoms with E-state index in [9.17, 15) is 13.5 Å². The van der Waals surface area contributed by atoms with Crippen LogP contribution in [0.1, 0.15) is 5.56 Å². The van der Waals surface area contributed by atoms with Crippen molar-refractivity contribution in [2.24, 2.45) is 0 Å². The maximum Gasteiger partial charge on any atom is 0.148 e. The van der Waals surface area contributed by atoms with E-state index in [-0.39, 0.29) is 25.4 Å². The van der Waals surface area contributed by atoms with Gasteiger partial charge in [-0.3, -0.25) is 0 Å². The first-order valence-electron chi connectivity index (χ1n) is 6.11. The summed E-state index contributed by atoms with van der Waals surface area (Å²) in [5, 5.41) is 21.4. The second-order valence-electron chi connectivity index (χ2n) is 4.41. The van der Waals surface area contributed by atoms with Crippen molar-refractivity contribution in [3.05, 3.63) is 29.8 Å². The van der Waals surface area contributed by atoms with Crippen LogP contribution in [0.25, 0.3) is 0 Å². The predicted octanol–water partition coefficient (Wildman–Crippen LogP) is -0.0678. The summed E-state index contributed by atoms with van der Waals surface area (Å²) in [5.41, 5.74) is 0.407. The number of benzene rings is 1. The second-order valence-corrected chi connectivity index (χ2v) is 6.67. The Hall–Kier alpha value is -1.62. The first-order valence-corrected chi connectivity index (χ1v) is 8.17. The van der Waals surface area contributed by atoms with Crippen LogP contribution in [0.3, 0.4) is 0 Å². The van der Waals surface area contributed by atoms with E-state index < -0.39 is 15.9 Å². The highest BCUT2D eigenvalue weighted by molar-refractivity contribution is 7.90. The summed E-state index contributed by atoms with van der Waals surface area (Å²) in [6, 6.07) is 8.76. The summed E-state index contributed by atoms with van der Waals surface area (Å²) in [4.78, 5) is 0. The number of rotatable bonds is 8. The lowest BCUT2D eigenvalue weighted by molar-refractivity contribution is 0.107. The third-order valence-electron chi connectivity index (χ3n) is 2.47. The van der Waals surface area contributed by atoms with Crippen LogP contribution in [0.2, 0.25) is 0 Å². The third kappa shape index (κ3) is 6.52. The van der Waals surface area contributed by atoms with E-state index in [1.54, 1.807) is 24.3 Å². The highest BCUT2D eigenvalue weighted by atomic mass is 32.2. The maximum atomic E-state index is 10.9. The van der Waals surface area contributed by atoms with Crippen LogP contribution in [-0.2, 0) is 9.84 Å². The van der Waals surface area contributed by atoms with Gasteiger partial charge in [0.15, 0.2) is 0 Å². The van der Waals surface area contributed by atoms with E-state index in [0.29, 0.717) is 11.3 Å². The van der Waals surface area contributed by atoms with Gasteiger partial charge in [0.25, 0.3) is 0 Å². The van der Waals surface area contributed by atoms with Crippen molar-refractivity contribution in [2.45, 2.75) is 6.10 Å². The molecule has 2 N–H and O–H groups in total. The van der Waals surface area contributed by atoms with Crippen molar-refractivity contribution in [3.8, 4) is 11.8 Å². The molecule has 0 fully saturated rings. The van der Waals surface area contributed by atoms with Gasteiger partial charge in [0.2, 0.25) is 0 Å². The molecule has 1 aromatic rings. The van der Waals surface area contributed by atoms with Gasteiger partial charge in [0, 0.05) is 19.3 Å². The van der Waals surface area contributed by atoms with E-state index in [4.69, 9.17) is 10.00 Å². The van der Waals surface area contributed by atoms with Gasteiger partial charge in [-0.1, -0.05) is 12.1 Å². The van der Waals surface area contributed by atoms with Gasteiger partial charge < -0.3 is 15.2 Å². The minimum atomic E-state index is -3.00. The Bertz CT molecular complexity index is 566. The maximum absolute atomic E-state index is 10.9. The molecule has 0 aromatic heterocycles. The summed E-state index contributed by atoms with van der Waals surface area (Å²) < 4.78 is 27.2. The number of hydrogen-bond acceptors (Lipinski definition) is 6. The van der Waals surface area contributed by atoms with Gasteiger partial charge in [-0.2, -0.15) is 5.26 Å². The van der Waals surface area contributed by atoms with E-state index >= 15 is 0 Å². The number of nitrogens with zero attached hydrogens (tertiary/aromatic N) is 1. The molecule has 0 aliphatic carbocycles. The Morgan fingerprint density at radius 1 is 1.45 bits per heavy atom. The van der Waals surface area contributed by atoms with E-state index in [0.717, 1.165) is 6.26 Å². The van der Waals surface area contributed by atoms with Crippen LogP contribution in [0.4, 0.5) is 0 Å². The van der Waals surface area contributed by atoms with Crippen LogP contribution < -0.4 is 10.1 Å². The topological polar surface area (TPSA) is 99.4 Å². The fourth-order valence-electron chi connectivity index (χ4n) is 1.46. The van der Waals surface area contributed by atoms with Crippen molar-refractivity contribution in [1.82, 2.24) is 5.32 Å². The SMILES string of the molecule is CS(=O)(=O)CCNCC(O)COc1ccccc1C#N. The van der Waals surface area contributed by atoms with Crippen molar-refractivity contribution < 1.29 is 18.3 Å². The summed E-state index contributed by atoms with van der Waals surface area (Å²) in [6.45, 7) is 0.541. The number of sulfone groups is 1. The number of ether oxygens (including phenoxy) is 1. The average molecular weight is 298 g/mol. The van der Waals surface area contributed by atoms with E-state index in [1.807, 2.05) is 6.07 Å². The minimum absolute atomic E-state index is 0.0256. The number of aliphatic hydroxyl groups excluding tert-OH is 1. The van der Waals surface area contributed by atoms with E-state index in [2.05, 4.69) is 5.32 Å². The largest absolute Gasteiger partial charge is 0.489 e. The molecule has 0 radical (unpaired) electrons. The minimum Gasteiger partial charge on any atom is -0.489 e. The lowest BCUT2D eigenvalue weighted by Crippen LogP contribution is -2.34. The van der Waals surface area contributed by atoms with Gasteiger partial charge in [-0.05, 0) is 12.1 Å². The van der Waals surface area contributed by atoms with Gasteiger partial charge >= 0.3 is 0 Å². The zero-order valence-corrected chi connectivity index (χ0v) is 12.1. The molecule has 0 saturated heterocycles. The quantitative estimate of drug-likeness (QED) is 0.652. The molecule has 1 atom stereocenters. The average Bonchev–Trinajstić information content (AvgIpc) is 2.40. The Kier molecular flexibility index (Phi) is 6.45. The molecular weight excluding hydrogens is 280 g/mol. The number of aliphatic hydroxyl groups is 1. The number of hydrogen-bond donors (Lipinski definition) is 2.